The lowest BCUT2D eigenvalue weighted by atomic mass is 10.3. The van der Waals surface area contributed by atoms with Crippen molar-refractivity contribution in [3.8, 4) is 0 Å². The van der Waals surface area contributed by atoms with Crippen LogP contribution in [0.2, 0.25) is 0 Å². The maximum absolute atomic E-state index is 11.7. The third-order valence-corrected chi connectivity index (χ3v) is 2.58. The molecule has 0 aliphatic rings. The Morgan fingerprint density at radius 3 is 2.53 bits per heavy atom. The molecule has 0 aromatic carbocycles. The Labute approximate surface area is 103 Å². The molecule has 0 atom stereocenters. The molecule has 0 bridgehead atoms. The smallest absolute Gasteiger partial charge is 0.287 e. The van der Waals surface area contributed by atoms with E-state index in [0.717, 1.165) is 25.4 Å². The zero-order chi connectivity index (χ0) is 12.8. The van der Waals surface area contributed by atoms with E-state index in [0.29, 0.717) is 5.76 Å². The van der Waals surface area contributed by atoms with E-state index >= 15 is 0 Å². The first-order valence-electron chi connectivity index (χ1n) is 6.18. The molecular weight excluding hydrogens is 216 g/mol. The standard InChI is InChI=1S/C13H22N2O2/c1-5-15(6-2)9-11-7-8-12(17-11)13(16)14-10(3)4/h7-8,10H,5-6,9H2,1-4H3,(H,14,16). The molecule has 0 radical (unpaired) electrons. The van der Waals surface area contributed by atoms with Crippen molar-refractivity contribution in [3.63, 3.8) is 0 Å². The van der Waals surface area contributed by atoms with Gasteiger partial charge >= 0.3 is 0 Å². The highest BCUT2D eigenvalue weighted by Crippen LogP contribution is 2.10. The lowest BCUT2D eigenvalue weighted by Gasteiger charge is -2.15. The highest BCUT2D eigenvalue weighted by Gasteiger charge is 2.12. The van der Waals surface area contributed by atoms with Crippen LogP contribution < -0.4 is 5.32 Å². The van der Waals surface area contributed by atoms with Crippen LogP contribution in [0.25, 0.3) is 0 Å². The van der Waals surface area contributed by atoms with E-state index in [1.54, 1.807) is 6.07 Å². The molecule has 4 nitrogen and oxygen atoms in total. The molecule has 0 saturated carbocycles. The van der Waals surface area contributed by atoms with E-state index < -0.39 is 0 Å². The van der Waals surface area contributed by atoms with Gasteiger partial charge in [-0.25, -0.2) is 0 Å². The van der Waals surface area contributed by atoms with E-state index in [2.05, 4.69) is 24.1 Å². The van der Waals surface area contributed by atoms with Gasteiger partial charge in [-0.05, 0) is 39.1 Å². The van der Waals surface area contributed by atoms with Crippen molar-refractivity contribution < 1.29 is 9.21 Å². The van der Waals surface area contributed by atoms with Crippen LogP contribution in [-0.2, 0) is 6.54 Å². The summed E-state index contributed by atoms with van der Waals surface area (Å²) in [6.07, 6.45) is 0. The lowest BCUT2D eigenvalue weighted by Crippen LogP contribution is -2.29. The number of hydrogen-bond donors (Lipinski definition) is 1. The average molecular weight is 238 g/mol. The summed E-state index contributed by atoms with van der Waals surface area (Å²) >= 11 is 0. The molecule has 0 spiro atoms. The van der Waals surface area contributed by atoms with E-state index in [9.17, 15) is 4.79 Å². The van der Waals surface area contributed by atoms with Crippen LogP contribution in [-0.4, -0.2) is 29.9 Å². The number of nitrogens with zero attached hydrogens (tertiary/aromatic N) is 1. The number of furan rings is 1. The fourth-order valence-corrected chi connectivity index (χ4v) is 1.59. The Morgan fingerprint density at radius 2 is 2.00 bits per heavy atom. The summed E-state index contributed by atoms with van der Waals surface area (Å²) in [7, 11) is 0. The second-order valence-electron chi connectivity index (χ2n) is 4.36. The maximum atomic E-state index is 11.7. The number of nitrogens with one attached hydrogen (secondary N) is 1. The van der Waals surface area contributed by atoms with Crippen LogP contribution in [0.1, 0.15) is 44.0 Å². The predicted octanol–water partition coefficient (Wildman–Crippen LogP) is 2.26. The number of carbonyl (C=O) groups excluding carboxylic acids is 1. The fourth-order valence-electron chi connectivity index (χ4n) is 1.59. The van der Waals surface area contributed by atoms with Crippen molar-refractivity contribution >= 4 is 5.91 Å². The molecule has 1 aromatic heterocycles. The van der Waals surface area contributed by atoms with Crippen molar-refractivity contribution in [3.05, 3.63) is 23.7 Å². The number of amides is 1. The molecule has 0 fully saturated rings. The van der Waals surface area contributed by atoms with Crippen molar-refractivity contribution in [2.45, 2.75) is 40.3 Å². The largest absolute Gasteiger partial charge is 0.455 e. The first-order chi connectivity index (χ1) is 8.06. The van der Waals surface area contributed by atoms with Gasteiger partial charge in [0.25, 0.3) is 5.91 Å². The average Bonchev–Trinajstić information content (AvgIpc) is 2.73. The zero-order valence-electron chi connectivity index (χ0n) is 11.1. The quantitative estimate of drug-likeness (QED) is 0.827. The van der Waals surface area contributed by atoms with Crippen LogP contribution in [0.3, 0.4) is 0 Å². The Morgan fingerprint density at radius 1 is 1.35 bits per heavy atom. The van der Waals surface area contributed by atoms with E-state index in [-0.39, 0.29) is 11.9 Å². The summed E-state index contributed by atoms with van der Waals surface area (Å²) in [5.74, 6) is 1.08. The van der Waals surface area contributed by atoms with Gasteiger partial charge in [0.15, 0.2) is 5.76 Å². The monoisotopic (exact) mass is 238 g/mol. The van der Waals surface area contributed by atoms with Gasteiger partial charge in [0, 0.05) is 6.04 Å². The molecule has 1 N–H and O–H groups in total. The SMILES string of the molecule is CCN(CC)Cc1ccc(C(=O)NC(C)C)o1. The lowest BCUT2D eigenvalue weighted by molar-refractivity contribution is 0.0911. The third kappa shape index (κ3) is 4.23. The van der Waals surface area contributed by atoms with E-state index in [4.69, 9.17) is 4.42 Å². The second kappa shape index (κ2) is 6.45. The molecule has 0 saturated heterocycles. The molecule has 0 unspecified atom stereocenters. The van der Waals surface area contributed by atoms with Crippen molar-refractivity contribution in [2.24, 2.45) is 0 Å². The fraction of sp³-hybridized carbons (Fsp3) is 0.615. The van der Waals surface area contributed by atoms with Crippen LogP contribution in [0.4, 0.5) is 0 Å². The van der Waals surface area contributed by atoms with Gasteiger partial charge in [0.1, 0.15) is 5.76 Å². The predicted molar refractivity (Wildman–Crippen MR) is 67.9 cm³/mol. The number of hydrogen-bond acceptors (Lipinski definition) is 3. The summed E-state index contributed by atoms with van der Waals surface area (Å²) in [6, 6.07) is 3.73. The highest BCUT2D eigenvalue weighted by molar-refractivity contribution is 5.91. The Bertz CT molecular complexity index is 354. The first-order valence-corrected chi connectivity index (χ1v) is 6.18. The minimum Gasteiger partial charge on any atom is -0.455 e. The minimum absolute atomic E-state index is 0.124. The molecule has 4 heteroatoms. The van der Waals surface area contributed by atoms with Crippen LogP contribution in [0.5, 0.6) is 0 Å². The van der Waals surface area contributed by atoms with Crippen LogP contribution in [0, 0.1) is 0 Å². The summed E-state index contributed by atoms with van der Waals surface area (Å²) in [5, 5.41) is 2.81. The molecule has 1 rings (SSSR count). The minimum atomic E-state index is -0.147. The van der Waals surface area contributed by atoms with E-state index in [1.807, 2.05) is 19.9 Å². The van der Waals surface area contributed by atoms with Gasteiger partial charge < -0.3 is 9.73 Å². The molecule has 1 heterocycles. The van der Waals surface area contributed by atoms with Crippen LogP contribution >= 0.6 is 0 Å². The topological polar surface area (TPSA) is 45.5 Å². The molecule has 0 aliphatic heterocycles. The molecule has 1 amide bonds. The zero-order valence-corrected chi connectivity index (χ0v) is 11.1. The molecule has 96 valence electrons. The number of carbonyl (C=O) groups is 1. The molecular formula is C13H22N2O2. The van der Waals surface area contributed by atoms with Gasteiger partial charge in [0.2, 0.25) is 0 Å². The molecule has 0 aliphatic carbocycles. The highest BCUT2D eigenvalue weighted by atomic mass is 16.4. The Hall–Kier alpha value is -1.29. The molecule has 17 heavy (non-hydrogen) atoms. The van der Waals surface area contributed by atoms with Crippen molar-refractivity contribution in [2.75, 3.05) is 13.1 Å². The Balaban J connectivity index is 2.61. The maximum Gasteiger partial charge on any atom is 0.287 e. The van der Waals surface area contributed by atoms with Crippen molar-refractivity contribution in [1.29, 1.82) is 0 Å². The van der Waals surface area contributed by atoms with Gasteiger partial charge in [-0.3, -0.25) is 9.69 Å². The van der Waals surface area contributed by atoms with Crippen molar-refractivity contribution in [1.82, 2.24) is 10.2 Å². The normalized spacial score (nSPS) is 11.2. The van der Waals surface area contributed by atoms with E-state index in [1.165, 1.54) is 0 Å². The first kappa shape index (κ1) is 13.8. The summed E-state index contributed by atoms with van der Waals surface area (Å²) in [6.45, 7) is 10.8. The molecule has 1 aromatic rings. The van der Waals surface area contributed by atoms with Gasteiger partial charge in [-0.2, -0.15) is 0 Å². The summed E-state index contributed by atoms with van der Waals surface area (Å²) in [4.78, 5) is 13.9. The summed E-state index contributed by atoms with van der Waals surface area (Å²) < 4.78 is 5.53. The summed E-state index contributed by atoms with van der Waals surface area (Å²) in [5.41, 5.74) is 0. The van der Waals surface area contributed by atoms with Gasteiger partial charge in [-0.15, -0.1) is 0 Å². The second-order valence-corrected chi connectivity index (χ2v) is 4.36. The van der Waals surface area contributed by atoms with Gasteiger partial charge in [-0.1, -0.05) is 13.8 Å². The van der Waals surface area contributed by atoms with Gasteiger partial charge in [0.05, 0.1) is 6.54 Å². The Kier molecular flexibility index (Phi) is 5.22. The van der Waals surface area contributed by atoms with Crippen LogP contribution in [0.15, 0.2) is 16.5 Å². The number of rotatable bonds is 6. The third-order valence-electron chi connectivity index (χ3n) is 2.58.